The highest BCUT2D eigenvalue weighted by Gasteiger charge is 2.21. The first-order valence-electron chi connectivity index (χ1n) is 12.3. The molecule has 8 nitrogen and oxygen atoms in total. The molecule has 4 rings (SSSR count). The van der Waals surface area contributed by atoms with E-state index < -0.39 is 12.0 Å². The molecule has 38 heavy (non-hydrogen) atoms. The molecule has 0 saturated carbocycles. The van der Waals surface area contributed by atoms with E-state index in [1.165, 1.54) is 11.9 Å². The molecule has 0 unspecified atom stereocenters. The third kappa shape index (κ3) is 6.79. The molecule has 0 fully saturated rings. The van der Waals surface area contributed by atoms with Gasteiger partial charge in [-0.1, -0.05) is 54.6 Å². The summed E-state index contributed by atoms with van der Waals surface area (Å²) in [6, 6.07) is 22.8. The van der Waals surface area contributed by atoms with E-state index in [9.17, 15) is 9.90 Å². The largest absolute Gasteiger partial charge is 0.497 e. The summed E-state index contributed by atoms with van der Waals surface area (Å²) in [5.41, 5.74) is 4.78. The minimum absolute atomic E-state index is 0.286. The van der Waals surface area contributed by atoms with Crippen LogP contribution in [0.2, 0.25) is 0 Å². The fourth-order valence-electron chi connectivity index (χ4n) is 4.18. The molecule has 8 heteroatoms. The Morgan fingerprint density at radius 3 is 2.26 bits per heavy atom. The second-order valence-electron chi connectivity index (χ2n) is 8.95. The molecule has 0 aliphatic heterocycles. The summed E-state index contributed by atoms with van der Waals surface area (Å²) in [4.78, 5) is 22.7. The number of anilines is 2. The number of aliphatic carboxylic acids is 1. The van der Waals surface area contributed by atoms with Gasteiger partial charge in [-0.25, -0.2) is 14.8 Å². The monoisotopic (exact) mass is 512 g/mol. The fraction of sp³-hybridized carbons (Fsp3) is 0.233. The Bertz CT molecular complexity index is 1320. The number of aromatic nitrogens is 2. The number of nitrogens with zero attached hydrogens (tertiary/aromatic N) is 3. The van der Waals surface area contributed by atoms with Gasteiger partial charge in [-0.15, -0.1) is 0 Å². The molecular weight excluding hydrogens is 480 g/mol. The number of nitrogens with one attached hydrogen (secondary N) is 1. The van der Waals surface area contributed by atoms with Gasteiger partial charge in [0.25, 0.3) is 0 Å². The molecule has 0 aliphatic rings. The number of methoxy groups -OCH3 is 2. The Morgan fingerprint density at radius 2 is 1.63 bits per heavy atom. The van der Waals surface area contributed by atoms with Crippen LogP contribution in [0, 0.1) is 0 Å². The van der Waals surface area contributed by atoms with Crippen LogP contribution in [0.1, 0.15) is 11.1 Å². The summed E-state index contributed by atoms with van der Waals surface area (Å²) in [5.74, 6) is 0.937. The minimum Gasteiger partial charge on any atom is -0.497 e. The van der Waals surface area contributed by atoms with E-state index in [1.54, 1.807) is 20.4 Å². The summed E-state index contributed by atoms with van der Waals surface area (Å²) in [5, 5.41) is 13.1. The van der Waals surface area contributed by atoms with Gasteiger partial charge in [0.05, 0.1) is 26.1 Å². The number of ether oxygens (including phenoxy) is 2. The topological polar surface area (TPSA) is 96.8 Å². The summed E-state index contributed by atoms with van der Waals surface area (Å²) in [6.45, 7) is 0.736. The Morgan fingerprint density at radius 1 is 0.947 bits per heavy atom. The standard InChI is InChI=1S/C30H32N4O4/c1-34(14-13-21-7-5-4-6-8-21)28-19-31-20-32-29(28)33-27(30(35)36)15-22-9-11-23(12-10-22)24-16-25(37-2)18-26(17-24)38-3/h4-12,16-20,27H,13-15H2,1-3H3,(H,35,36)(H,31,32,33)/t27-/m0/s1. The van der Waals surface area contributed by atoms with Crippen LogP contribution in [0.15, 0.2) is 85.3 Å². The van der Waals surface area contributed by atoms with E-state index in [2.05, 4.69) is 27.4 Å². The third-order valence-corrected chi connectivity index (χ3v) is 6.37. The molecule has 0 spiro atoms. The first-order chi connectivity index (χ1) is 18.5. The quantitative estimate of drug-likeness (QED) is 0.275. The van der Waals surface area contributed by atoms with Gasteiger partial charge in [0.15, 0.2) is 5.82 Å². The zero-order valence-corrected chi connectivity index (χ0v) is 21.8. The zero-order chi connectivity index (χ0) is 26.9. The van der Waals surface area contributed by atoms with Crippen LogP contribution in [0.25, 0.3) is 11.1 Å². The van der Waals surface area contributed by atoms with E-state index in [-0.39, 0.29) is 6.42 Å². The third-order valence-electron chi connectivity index (χ3n) is 6.37. The van der Waals surface area contributed by atoms with Crippen LogP contribution in [-0.2, 0) is 17.6 Å². The molecule has 0 amide bonds. The van der Waals surface area contributed by atoms with Crippen LogP contribution >= 0.6 is 0 Å². The highest BCUT2D eigenvalue weighted by Crippen LogP contribution is 2.30. The maximum Gasteiger partial charge on any atom is 0.326 e. The van der Waals surface area contributed by atoms with Crippen LogP contribution in [0.5, 0.6) is 11.5 Å². The molecule has 0 saturated heterocycles. The van der Waals surface area contributed by atoms with Gasteiger partial charge in [0.2, 0.25) is 0 Å². The normalized spacial score (nSPS) is 11.4. The van der Waals surface area contributed by atoms with Crippen LogP contribution < -0.4 is 19.7 Å². The first kappa shape index (κ1) is 26.5. The maximum absolute atomic E-state index is 12.2. The number of hydrogen-bond donors (Lipinski definition) is 2. The van der Waals surface area contributed by atoms with Gasteiger partial charge in [-0.05, 0) is 40.8 Å². The molecule has 0 radical (unpaired) electrons. The van der Waals surface area contributed by atoms with E-state index in [0.717, 1.165) is 35.3 Å². The number of carboxylic acids is 1. The molecule has 196 valence electrons. The van der Waals surface area contributed by atoms with Crippen molar-refractivity contribution < 1.29 is 19.4 Å². The number of carboxylic acid groups (broad SMARTS) is 1. The predicted molar refractivity (Wildman–Crippen MR) is 149 cm³/mol. The van der Waals surface area contributed by atoms with Gasteiger partial charge < -0.3 is 24.8 Å². The van der Waals surface area contributed by atoms with Crippen molar-refractivity contribution in [1.82, 2.24) is 9.97 Å². The van der Waals surface area contributed by atoms with Crippen LogP contribution in [0.4, 0.5) is 11.5 Å². The summed E-state index contributed by atoms with van der Waals surface area (Å²) < 4.78 is 10.7. The molecule has 2 N–H and O–H groups in total. The second kappa shape index (κ2) is 12.6. The SMILES string of the molecule is COc1cc(OC)cc(-c2ccc(C[C@H](Nc3ncncc3N(C)CCc3ccccc3)C(=O)O)cc2)c1. The predicted octanol–water partition coefficient (Wildman–Crippen LogP) is 4.95. The van der Waals surface area contributed by atoms with Crippen molar-refractivity contribution in [2.24, 2.45) is 0 Å². The smallest absolute Gasteiger partial charge is 0.326 e. The molecule has 1 heterocycles. The minimum atomic E-state index is -0.955. The molecule has 0 aliphatic carbocycles. The van der Waals surface area contributed by atoms with Crippen molar-refractivity contribution in [3.8, 4) is 22.6 Å². The van der Waals surface area contributed by atoms with Crippen molar-refractivity contribution in [2.45, 2.75) is 18.9 Å². The lowest BCUT2D eigenvalue weighted by Gasteiger charge is -2.23. The van der Waals surface area contributed by atoms with E-state index in [4.69, 9.17) is 9.47 Å². The molecule has 0 bridgehead atoms. The van der Waals surface area contributed by atoms with Gasteiger partial charge in [-0.3, -0.25) is 0 Å². The maximum atomic E-state index is 12.2. The van der Waals surface area contributed by atoms with Crippen molar-refractivity contribution in [1.29, 1.82) is 0 Å². The van der Waals surface area contributed by atoms with Crippen molar-refractivity contribution >= 4 is 17.5 Å². The van der Waals surface area contributed by atoms with Crippen LogP contribution in [0.3, 0.4) is 0 Å². The molecular formula is C30H32N4O4. The summed E-state index contributed by atoms with van der Waals surface area (Å²) >= 11 is 0. The second-order valence-corrected chi connectivity index (χ2v) is 8.95. The van der Waals surface area contributed by atoms with E-state index in [0.29, 0.717) is 17.3 Å². The molecule has 3 aromatic carbocycles. The van der Waals surface area contributed by atoms with Crippen molar-refractivity contribution in [3.63, 3.8) is 0 Å². The first-order valence-corrected chi connectivity index (χ1v) is 12.3. The summed E-state index contributed by atoms with van der Waals surface area (Å²) in [7, 11) is 5.19. The van der Waals surface area contributed by atoms with Crippen LogP contribution in [-0.4, -0.2) is 54.9 Å². The Balaban J connectivity index is 1.47. The van der Waals surface area contributed by atoms with Gasteiger partial charge >= 0.3 is 5.97 Å². The van der Waals surface area contributed by atoms with Crippen molar-refractivity contribution in [3.05, 3.63) is 96.4 Å². The lowest BCUT2D eigenvalue weighted by atomic mass is 10.00. The number of rotatable bonds is 12. The average molecular weight is 513 g/mol. The Kier molecular flexibility index (Phi) is 8.77. The Hall–Kier alpha value is -4.59. The highest BCUT2D eigenvalue weighted by atomic mass is 16.5. The fourth-order valence-corrected chi connectivity index (χ4v) is 4.18. The molecule has 4 aromatic rings. The molecule has 1 atom stereocenters. The highest BCUT2D eigenvalue weighted by molar-refractivity contribution is 5.79. The van der Waals surface area contributed by atoms with Crippen molar-refractivity contribution in [2.75, 3.05) is 38.0 Å². The number of likely N-dealkylation sites (N-methyl/N-ethyl adjacent to an activating group) is 1. The van der Waals surface area contributed by atoms with Gasteiger partial charge in [0.1, 0.15) is 23.9 Å². The zero-order valence-electron chi connectivity index (χ0n) is 21.8. The van der Waals surface area contributed by atoms with Gasteiger partial charge in [-0.2, -0.15) is 0 Å². The Labute approximate surface area is 222 Å². The lowest BCUT2D eigenvalue weighted by Crippen LogP contribution is -2.33. The van der Waals surface area contributed by atoms with E-state index >= 15 is 0 Å². The molecule has 1 aromatic heterocycles. The van der Waals surface area contributed by atoms with Gasteiger partial charge in [0, 0.05) is 26.1 Å². The average Bonchev–Trinajstić information content (AvgIpc) is 2.96. The number of hydrogen-bond acceptors (Lipinski definition) is 7. The number of benzene rings is 3. The van der Waals surface area contributed by atoms with E-state index in [1.807, 2.05) is 72.6 Å². The number of carbonyl (C=O) groups is 1. The summed E-state index contributed by atoms with van der Waals surface area (Å²) in [6.07, 6.45) is 4.26. The lowest BCUT2D eigenvalue weighted by molar-refractivity contribution is -0.137.